The minimum Gasteiger partial charge on any atom is -0.395 e. The number of rotatable bonds is 5. The number of para-hydroxylation sites is 1. The number of anilines is 1. The van der Waals surface area contributed by atoms with Crippen molar-refractivity contribution in [3.05, 3.63) is 65.2 Å². The maximum Gasteiger partial charge on any atom is 0.253 e. The number of likely N-dealkylation sites (tertiary alicyclic amines) is 1. The summed E-state index contributed by atoms with van der Waals surface area (Å²) in [5.74, 6) is -1.10. The minimum atomic E-state index is -0.500. The molecule has 2 aliphatic rings. The second kappa shape index (κ2) is 7.58. The average molecular weight is 388 g/mol. The van der Waals surface area contributed by atoms with Crippen molar-refractivity contribution < 1.29 is 23.4 Å². The summed E-state index contributed by atoms with van der Waals surface area (Å²) in [7, 11) is 1.47. The second-order valence-corrected chi connectivity index (χ2v) is 7.25. The molecule has 0 radical (unpaired) electrons. The Labute approximate surface area is 162 Å². The van der Waals surface area contributed by atoms with Crippen molar-refractivity contribution >= 4 is 11.6 Å². The van der Waals surface area contributed by atoms with Crippen molar-refractivity contribution in [2.24, 2.45) is 0 Å². The molecule has 1 N–H and O–H groups in total. The van der Waals surface area contributed by atoms with Crippen LogP contribution >= 0.6 is 0 Å². The number of benzene rings is 2. The third-order valence-electron chi connectivity index (χ3n) is 5.75. The van der Waals surface area contributed by atoms with Crippen LogP contribution in [0.2, 0.25) is 0 Å². The molecule has 1 amide bonds. The van der Waals surface area contributed by atoms with E-state index in [1.165, 1.54) is 13.2 Å². The van der Waals surface area contributed by atoms with Crippen LogP contribution in [0.25, 0.3) is 0 Å². The van der Waals surface area contributed by atoms with Gasteiger partial charge in [-0.3, -0.25) is 9.69 Å². The molecule has 2 heterocycles. The highest BCUT2D eigenvalue weighted by Gasteiger charge is 2.53. The molecule has 2 aromatic rings. The van der Waals surface area contributed by atoms with E-state index in [9.17, 15) is 18.7 Å². The molecule has 0 bridgehead atoms. The smallest absolute Gasteiger partial charge is 0.253 e. The zero-order chi connectivity index (χ0) is 19.8. The van der Waals surface area contributed by atoms with Gasteiger partial charge in [0.05, 0.1) is 6.61 Å². The molecule has 148 valence electrons. The van der Waals surface area contributed by atoms with Gasteiger partial charge in [-0.05, 0) is 29.8 Å². The topological polar surface area (TPSA) is 53.0 Å². The summed E-state index contributed by atoms with van der Waals surface area (Å²) in [5, 5.41) is 9.97. The Balaban J connectivity index is 1.66. The van der Waals surface area contributed by atoms with E-state index in [1.54, 1.807) is 4.90 Å². The van der Waals surface area contributed by atoms with Crippen LogP contribution in [0, 0.1) is 11.6 Å². The lowest BCUT2D eigenvalue weighted by atomic mass is 9.71. The van der Waals surface area contributed by atoms with E-state index in [2.05, 4.69) is 0 Å². The normalized spacial score (nSPS) is 23.7. The molecule has 0 aromatic heterocycles. The summed E-state index contributed by atoms with van der Waals surface area (Å²) < 4.78 is 32.7. The van der Waals surface area contributed by atoms with Crippen LogP contribution < -0.4 is 4.90 Å². The second-order valence-electron chi connectivity index (χ2n) is 7.25. The van der Waals surface area contributed by atoms with Gasteiger partial charge in [0.25, 0.3) is 5.91 Å². The van der Waals surface area contributed by atoms with E-state index in [4.69, 9.17) is 4.74 Å². The van der Waals surface area contributed by atoms with Crippen LogP contribution in [0.4, 0.5) is 14.5 Å². The van der Waals surface area contributed by atoms with Gasteiger partial charge in [0.15, 0.2) is 0 Å². The molecule has 7 heteroatoms. The van der Waals surface area contributed by atoms with Gasteiger partial charge in [0, 0.05) is 49.5 Å². The Morgan fingerprint density at radius 3 is 2.79 bits per heavy atom. The monoisotopic (exact) mass is 388 g/mol. The summed E-state index contributed by atoms with van der Waals surface area (Å²) in [6.07, 6.45) is 0. The maximum atomic E-state index is 14.2. The molecule has 1 saturated heterocycles. The number of aliphatic hydroxyl groups excluding tert-OH is 1. The number of halogens is 2. The molecule has 28 heavy (non-hydrogen) atoms. The molecular formula is C21H22F2N2O3. The van der Waals surface area contributed by atoms with Crippen LogP contribution in [0.15, 0.2) is 42.5 Å². The lowest BCUT2D eigenvalue weighted by Gasteiger charge is -2.59. The minimum absolute atomic E-state index is 0.0319. The molecule has 0 saturated carbocycles. The van der Waals surface area contributed by atoms with Gasteiger partial charge in [-0.25, -0.2) is 8.78 Å². The van der Waals surface area contributed by atoms with Gasteiger partial charge in [0.1, 0.15) is 18.2 Å². The Bertz CT molecular complexity index is 892. The summed E-state index contributed by atoms with van der Waals surface area (Å²) >= 11 is 0. The SMILES string of the molecule is COCC(=O)N1C[C@@H]2[C@H](c3ccccc31)[C@@H](CO)N2Cc1cc(F)ccc1F. The first-order valence-electron chi connectivity index (χ1n) is 9.24. The highest BCUT2D eigenvalue weighted by molar-refractivity contribution is 5.96. The van der Waals surface area contributed by atoms with Crippen molar-refractivity contribution in [3.63, 3.8) is 0 Å². The number of methoxy groups -OCH3 is 1. The predicted octanol–water partition coefficient (Wildman–Crippen LogP) is 2.29. The van der Waals surface area contributed by atoms with Crippen LogP contribution in [0.3, 0.4) is 0 Å². The summed E-state index contributed by atoms with van der Waals surface area (Å²) in [5.41, 5.74) is 2.05. The Morgan fingerprint density at radius 1 is 1.25 bits per heavy atom. The standard InChI is InChI=1S/C21H22F2N2O3/c1-28-12-20(27)25-10-18-21(15-4-2-3-5-17(15)25)19(11-26)24(18)9-13-8-14(22)6-7-16(13)23/h2-8,18-19,21,26H,9-12H2,1H3/t18-,19-,21+/m1/s1. The molecule has 2 aliphatic heterocycles. The van der Waals surface area contributed by atoms with Crippen LogP contribution in [0.1, 0.15) is 17.0 Å². The van der Waals surface area contributed by atoms with Gasteiger partial charge in [-0.15, -0.1) is 0 Å². The fourth-order valence-corrected chi connectivity index (χ4v) is 4.50. The van der Waals surface area contributed by atoms with Gasteiger partial charge in [-0.2, -0.15) is 0 Å². The number of ether oxygens (including phenoxy) is 1. The average Bonchev–Trinajstić information content (AvgIpc) is 2.68. The van der Waals surface area contributed by atoms with E-state index in [-0.39, 0.29) is 49.2 Å². The molecule has 0 aliphatic carbocycles. The number of carbonyl (C=O) groups is 1. The number of nitrogens with zero attached hydrogens (tertiary/aromatic N) is 2. The number of fused-ring (bicyclic) bond motifs is 3. The number of hydrogen-bond donors (Lipinski definition) is 1. The number of hydrogen-bond acceptors (Lipinski definition) is 4. The van der Waals surface area contributed by atoms with E-state index < -0.39 is 11.6 Å². The number of carbonyl (C=O) groups excluding carboxylic acids is 1. The van der Waals surface area contributed by atoms with Gasteiger partial charge < -0.3 is 14.7 Å². The molecule has 2 aromatic carbocycles. The van der Waals surface area contributed by atoms with E-state index in [0.29, 0.717) is 6.54 Å². The Hall–Kier alpha value is -2.35. The third-order valence-corrected chi connectivity index (χ3v) is 5.75. The highest BCUT2D eigenvalue weighted by atomic mass is 19.1. The third kappa shape index (κ3) is 3.09. The summed E-state index contributed by atoms with van der Waals surface area (Å²) in [6, 6.07) is 10.7. The first-order chi connectivity index (χ1) is 13.5. The number of amides is 1. The fourth-order valence-electron chi connectivity index (χ4n) is 4.50. The largest absolute Gasteiger partial charge is 0.395 e. The fraction of sp³-hybridized carbons (Fsp3) is 0.381. The molecule has 5 nitrogen and oxygen atoms in total. The number of aliphatic hydroxyl groups is 1. The molecule has 4 rings (SSSR count). The Morgan fingerprint density at radius 2 is 2.04 bits per heavy atom. The zero-order valence-electron chi connectivity index (χ0n) is 15.5. The van der Waals surface area contributed by atoms with E-state index in [1.807, 2.05) is 29.2 Å². The van der Waals surface area contributed by atoms with Gasteiger partial charge in [-0.1, -0.05) is 18.2 Å². The zero-order valence-corrected chi connectivity index (χ0v) is 15.5. The van der Waals surface area contributed by atoms with Crippen LogP contribution in [-0.2, 0) is 16.1 Å². The first-order valence-corrected chi connectivity index (χ1v) is 9.24. The first kappa shape index (κ1) is 19.0. The van der Waals surface area contributed by atoms with Crippen molar-refractivity contribution in [3.8, 4) is 0 Å². The predicted molar refractivity (Wildman–Crippen MR) is 100.0 cm³/mol. The highest BCUT2D eigenvalue weighted by Crippen LogP contribution is 2.48. The van der Waals surface area contributed by atoms with Crippen molar-refractivity contribution in [1.82, 2.24) is 4.90 Å². The van der Waals surface area contributed by atoms with E-state index >= 15 is 0 Å². The summed E-state index contributed by atoms with van der Waals surface area (Å²) in [6.45, 7) is 0.452. The maximum absolute atomic E-state index is 14.2. The molecular weight excluding hydrogens is 366 g/mol. The van der Waals surface area contributed by atoms with Crippen LogP contribution in [0.5, 0.6) is 0 Å². The lowest BCUT2D eigenvalue weighted by molar-refractivity contribution is -0.123. The van der Waals surface area contributed by atoms with Crippen molar-refractivity contribution in [1.29, 1.82) is 0 Å². The molecule has 3 atom stereocenters. The van der Waals surface area contributed by atoms with Crippen molar-refractivity contribution in [2.75, 3.05) is 31.8 Å². The van der Waals surface area contributed by atoms with Gasteiger partial charge in [0.2, 0.25) is 0 Å². The van der Waals surface area contributed by atoms with Gasteiger partial charge >= 0.3 is 0 Å². The summed E-state index contributed by atoms with van der Waals surface area (Å²) in [4.78, 5) is 16.2. The van der Waals surface area contributed by atoms with Crippen LogP contribution in [-0.4, -0.2) is 54.9 Å². The van der Waals surface area contributed by atoms with E-state index in [0.717, 1.165) is 23.4 Å². The Kier molecular flexibility index (Phi) is 5.14. The molecule has 0 unspecified atom stereocenters. The quantitative estimate of drug-likeness (QED) is 0.854. The van der Waals surface area contributed by atoms with Crippen molar-refractivity contribution in [2.45, 2.75) is 24.5 Å². The lowest BCUT2D eigenvalue weighted by Crippen LogP contribution is -2.69. The molecule has 1 fully saturated rings. The molecule has 0 spiro atoms.